The average molecular weight is 363 g/mol. The zero-order valence-corrected chi connectivity index (χ0v) is 14.7. The van der Waals surface area contributed by atoms with E-state index in [2.05, 4.69) is 9.97 Å². The van der Waals surface area contributed by atoms with Crippen LogP contribution in [0.4, 0.5) is 0 Å². The summed E-state index contributed by atoms with van der Waals surface area (Å²) in [6.45, 7) is 3.46. The van der Waals surface area contributed by atoms with Crippen LogP contribution in [0, 0.1) is 6.92 Å². The van der Waals surface area contributed by atoms with Crippen molar-refractivity contribution in [1.82, 2.24) is 14.9 Å². The van der Waals surface area contributed by atoms with Crippen LogP contribution in [0.5, 0.6) is 0 Å². The van der Waals surface area contributed by atoms with Crippen molar-refractivity contribution in [3.05, 3.63) is 28.3 Å². The molecule has 1 saturated heterocycles. The van der Waals surface area contributed by atoms with Gasteiger partial charge in [0.15, 0.2) is 0 Å². The summed E-state index contributed by atoms with van der Waals surface area (Å²) < 4.78 is 0. The molecule has 0 aromatic carbocycles. The molecule has 0 radical (unpaired) electrons. The number of hydrogen-bond donors (Lipinski definition) is 2. The molecular weight excluding hydrogens is 343 g/mol. The van der Waals surface area contributed by atoms with Gasteiger partial charge in [0.2, 0.25) is 0 Å². The monoisotopic (exact) mass is 362 g/mol. The molecule has 8 heteroatoms. The normalized spacial score (nSPS) is 15.1. The van der Waals surface area contributed by atoms with Crippen LogP contribution < -0.4 is 5.73 Å². The lowest BCUT2D eigenvalue weighted by atomic mass is 10.1. The van der Waals surface area contributed by atoms with Gasteiger partial charge in [-0.15, -0.1) is 36.2 Å². The third-order valence-electron chi connectivity index (χ3n) is 3.66. The summed E-state index contributed by atoms with van der Waals surface area (Å²) >= 11 is 1.61. The van der Waals surface area contributed by atoms with Crippen LogP contribution in [0.2, 0.25) is 0 Å². The average Bonchev–Trinajstić information content (AvgIpc) is 3.07. The number of halogens is 2. The minimum absolute atomic E-state index is 0. The Morgan fingerprint density at radius 2 is 2.09 bits per heavy atom. The second-order valence-electron chi connectivity index (χ2n) is 5.18. The summed E-state index contributed by atoms with van der Waals surface area (Å²) in [5.74, 6) is 0.0510. The van der Waals surface area contributed by atoms with Gasteiger partial charge >= 0.3 is 0 Å². The molecule has 3 rings (SSSR count). The quantitative estimate of drug-likeness (QED) is 0.862. The summed E-state index contributed by atoms with van der Waals surface area (Å²) in [7, 11) is 0. The van der Waals surface area contributed by atoms with Crippen LogP contribution in [0.1, 0.15) is 28.3 Å². The van der Waals surface area contributed by atoms with Crippen LogP contribution >= 0.6 is 36.2 Å². The Morgan fingerprint density at radius 1 is 1.41 bits per heavy atom. The molecule has 0 atom stereocenters. The molecule has 122 valence electrons. The van der Waals surface area contributed by atoms with E-state index in [-0.39, 0.29) is 36.8 Å². The molecule has 2 aromatic rings. The molecule has 3 heterocycles. The topological polar surface area (TPSA) is 75.0 Å². The summed E-state index contributed by atoms with van der Waals surface area (Å²) in [6.07, 6.45) is 3.60. The number of amides is 1. The number of aromatic nitrogens is 2. The molecule has 5 nitrogen and oxygen atoms in total. The van der Waals surface area contributed by atoms with E-state index in [9.17, 15) is 4.79 Å². The first-order valence-electron chi connectivity index (χ1n) is 6.79. The summed E-state index contributed by atoms with van der Waals surface area (Å²) in [6, 6.07) is 2.11. The second kappa shape index (κ2) is 7.97. The van der Waals surface area contributed by atoms with E-state index in [0.29, 0.717) is 5.69 Å². The van der Waals surface area contributed by atoms with E-state index < -0.39 is 0 Å². The number of aromatic amines is 1. The van der Waals surface area contributed by atoms with E-state index in [4.69, 9.17) is 5.73 Å². The highest BCUT2D eigenvalue weighted by Gasteiger charge is 2.22. The highest BCUT2D eigenvalue weighted by atomic mass is 35.5. The Kier molecular flexibility index (Phi) is 6.87. The van der Waals surface area contributed by atoms with Gasteiger partial charge in [-0.2, -0.15) is 0 Å². The molecule has 2 aromatic heterocycles. The second-order valence-corrected chi connectivity index (χ2v) is 6.25. The zero-order valence-electron chi connectivity index (χ0n) is 12.2. The number of hydrogen-bond acceptors (Lipinski definition) is 4. The maximum Gasteiger partial charge on any atom is 0.270 e. The number of nitrogens with one attached hydrogen (secondary N) is 1. The maximum atomic E-state index is 12.4. The van der Waals surface area contributed by atoms with Gasteiger partial charge in [-0.05, 0) is 25.8 Å². The number of piperidine rings is 1. The summed E-state index contributed by atoms with van der Waals surface area (Å²) in [5.41, 5.74) is 8.38. The van der Waals surface area contributed by atoms with Crippen LogP contribution in [0.15, 0.2) is 17.6 Å². The largest absolute Gasteiger partial charge is 0.357 e. The SMILES string of the molecule is Cc1nc(-c2c[nH]c(C(=O)N3CCC(N)CC3)c2)cs1.Cl.Cl. The van der Waals surface area contributed by atoms with Gasteiger partial charge in [0.05, 0.1) is 10.7 Å². The lowest BCUT2D eigenvalue weighted by Gasteiger charge is -2.29. The molecule has 0 aliphatic carbocycles. The highest BCUT2D eigenvalue weighted by Crippen LogP contribution is 2.23. The van der Waals surface area contributed by atoms with E-state index >= 15 is 0 Å². The zero-order chi connectivity index (χ0) is 14.1. The van der Waals surface area contributed by atoms with Gasteiger partial charge in [-0.3, -0.25) is 4.79 Å². The number of thiazole rings is 1. The molecule has 1 aliphatic heterocycles. The van der Waals surface area contributed by atoms with Crippen molar-refractivity contribution in [2.45, 2.75) is 25.8 Å². The molecule has 1 amide bonds. The summed E-state index contributed by atoms with van der Waals surface area (Å²) in [4.78, 5) is 21.8. The van der Waals surface area contributed by atoms with Crippen molar-refractivity contribution >= 4 is 42.1 Å². The minimum atomic E-state index is 0. The molecule has 22 heavy (non-hydrogen) atoms. The fraction of sp³-hybridized carbons (Fsp3) is 0.429. The number of H-pyrrole nitrogens is 1. The molecule has 0 bridgehead atoms. The Balaban J connectivity index is 0.00000121. The molecule has 3 N–H and O–H groups in total. The van der Waals surface area contributed by atoms with Gasteiger partial charge in [-0.1, -0.05) is 0 Å². The Hall–Kier alpha value is -1.08. The number of aryl methyl sites for hydroxylation is 1. The van der Waals surface area contributed by atoms with Crippen molar-refractivity contribution < 1.29 is 4.79 Å². The first kappa shape index (κ1) is 19.0. The molecule has 0 unspecified atom stereocenters. The number of rotatable bonds is 2. The van der Waals surface area contributed by atoms with Crippen molar-refractivity contribution in [2.24, 2.45) is 5.73 Å². The highest BCUT2D eigenvalue weighted by molar-refractivity contribution is 7.09. The van der Waals surface area contributed by atoms with Gasteiger partial charge in [-0.25, -0.2) is 4.98 Å². The third-order valence-corrected chi connectivity index (χ3v) is 4.43. The van der Waals surface area contributed by atoms with E-state index in [1.165, 1.54) is 0 Å². The number of nitrogens with two attached hydrogens (primary N) is 1. The Morgan fingerprint density at radius 3 is 2.68 bits per heavy atom. The van der Waals surface area contributed by atoms with Crippen LogP contribution in [-0.2, 0) is 0 Å². The number of likely N-dealkylation sites (tertiary alicyclic amines) is 1. The van der Waals surface area contributed by atoms with Crippen LogP contribution in [0.3, 0.4) is 0 Å². The first-order chi connectivity index (χ1) is 9.63. The predicted octanol–water partition coefficient (Wildman–Crippen LogP) is 2.85. The van der Waals surface area contributed by atoms with Crippen molar-refractivity contribution in [3.8, 4) is 11.3 Å². The Labute approximate surface area is 146 Å². The first-order valence-corrected chi connectivity index (χ1v) is 7.67. The number of nitrogens with zero attached hydrogens (tertiary/aromatic N) is 2. The van der Waals surface area contributed by atoms with E-state index in [0.717, 1.165) is 42.2 Å². The Bertz CT molecular complexity index is 620. The van der Waals surface area contributed by atoms with Gasteiger partial charge in [0.1, 0.15) is 5.69 Å². The van der Waals surface area contributed by atoms with Crippen molar-refractivity contribution in [3.63, 3.8) is 0 Å². The van der Waals surface area contributed by atoms with Crippen LogP contribution in [-0.4, -0.2) is 39.9 Å². The number of carbonyl (C=O) groups excluding carboxylic acids is 1. The van der Waals surface area contributed by atoms with Gasteiger partial charge in [0.25, 0.3) is 5.91 Å². The van der Waals surface area contributed by atoms with E-state index in [1.54, 1.807) is 11.3 Å². The molecular formula is C14H20Cl2N4OS. The smallest absolute Gasteiger partial charge is 0.270 e. The van der Waals surface area contributed by atoms with E-state index in [1.807, 2.05) is 29.5 Å². The molecule has 0 saturated carbocycles. The fourth-order valence-corrected chi connectivity index (χ4v) is 3.06. The summed E-state index contributed by atoms with van der Waals surface area (Å²) in [5, 5.41) is 3.03. The lowest BCUT2D eigenvalue weighted by molar-refractivity contribution is 0.0709. The number of carbonyl (C=O) groups is 1. The van der Waals surface area contributed by atoms with Gasteiger partial charge < -0.3 is 15.6 Å². The van der Waals surface area contributed by atoms with Crippen molar-refractivity contribution in [1.29, 1.82) is 0 Å². The standard InChI is InChI=1S/C14H18N4OS.2ClH/c1-9-17-13(8-20-9)10-6-12(16-7-10)14(19)18-4-2-11(15)3-5-18;;/h6-8,11,16H,2-5,15H2,1H3;2*1H. The maximum absolute atomic E-state index is 12.4. The molecule has 0 spiro atoms. The fourth-order valence-electron chi connectivity index (χ4n) is 2.43. The van der Waals surface area contributed by atoms with Gasteiger partial charge in [0, 0.05) is 36.3 Å². The molecule has 1 aliphatic rings. The predicted molar refractivity (Wildman–Crippen MR) is 94.2 cm³/mol. The third kappa shape index (κ3) is 4.01. The van der Waals surface area contributed by atoms with Crippen LogP contribution in [0.25, 0.3) is 11.3 Å². The van der Waals surface area contributed by atoms with Crippen molar-refractivity contribution in [2.75, 3.05) is 13.1 Å². The minimum Gasteiger partial charge on any atom is -0.357 e. The lowest BCUT2D eigenvalue weighted by Crippen LogP contribution is -2.42. The molecule has 1 fully saturated rings.